The zero-order chi connectivity index (χ0) is 12.7. The van der Waals surface area contributed by atoms with Gasteiger partial charge < -0.3 is 0 Å². The molecule has 0 radical (unpaired) electrons. The van der Waals surface area contributed by atoms with Gasteiger partial charge in [0.2, 0.25) is 0 Å². The van der Waals surface area contributed by atoms with Gasteiger partial charge in [0.15, 0.2) is 0 Å². The lowest BCUT2D eigenvalue weighted by Crippen LogP contribution is -2.35. The van der Waals surface area contributed by atoms with Crippen LogP contribution >= 0.6 is 0 Å². The Balaban J connectivity index is 1.53. The van der Waals surface area contributed by atoms with Crippen LogP contribution in [0.3, 0.4) is 0 Å². The molecule has 4 fully saturated rings. The standard InChI is InChI=1S/C18H24O/c1-9(19)13-8-16-14(6-10-2-3-10)12-5-4-11-7-15(13)18(12)17(11)16/h2-3,10-18H,4-8H2,1H3/t11?,12?,13?,14?,15-,16?,17+,18-/m1/s1. The molecule has 0 saturated heterocycles. The van der Waals surface area contributed by atoms with Crippen LogP contribution in [-0.4, -0.2) is 5.78 Å². The Hall–Kier alpha value is -0.590. The third-order valence-corrected chi connectivity index (χ3v) is 7.59. The summed E-state index contributed by atoms with van der Waals surface area (Å²) in [6.45, 7) is 1.86. The normalized spacial score (nSPS) is 56.9. The molecule has 5 aliphatic rings. The fourth-order valence-corrected chi connectivity index (χ4v) is 7.11. The van der Waals surface area contributed by atoms with E-state index in [0.717, 1.165) is 47.3 Å². The molecular weight excluding hydrogens is 232 g/mol. The highest BCUT2D eigenvalue weighted by Gasteiger charge is 2.66. The first-order valence-corrected chi connectivity index (χ1v) is 8.43. The highest BCUT2D eigenvalue weighted by molar-refractivity contribution is 5.79. The van der Waals surface area contributed by atoms with Crippen LogP contribution in [-0.2, 0) is 4.79 Å². The first kappa shape index (κ1) is 11.1. The molecule has 0 heterocycles. The number of Topliss-reactive ketones (excluding diaryl/α,β-unsaturated/α-hetero) is 1. The number of carbonyl (C=O) groups excluding carboxylic acids is 1. The molecule has 1 nitrogen and oxygen atoms in total. The maximum atomic E-state index is 12.1. The minimum atomic E-state index is 0.439. The average molecular weight is 256 g/mol. The van der Waals surface area contributed by atoms with Crippen molar-refractivity contribution < 1.29 is 4.79 Å². The molecule has 0 N–H and O–H groups in total. The van der Waals surface area contributed by atoms with E-state index in [1.54, 1.807) is 0 Å². The van der Waals surface area contributed by atoms with E-state index in [4.69, 9.17) is 0 Å². The fraction of sp³-hybridized carbons (Fsp3) is 0.833. The average Bonchev–Trinajstić information content (AvgIpc) is 3.16. The van der Waals surface area contributed by atoms with Gasteiger partial charge in [0.1, 0.15) is 5.78 Å². The fourth-order valence-electron chi connectivity index (χ4n) is 7.11. The molecule has 8 atom stereocenters. The van der Waals surface area contributed by atoms with E-state index in [1.165, 1.54) is 32.1 Å². The second kappa shape index (κ2) is 3.54. The van der Waals surface area contributed by atoms with Crippen LogP contribution in [0.2, 0.25) is 0 Å². The number of allylic oxidation sites excluding steroid dienone is 2. The van der Waals surface area contributed by atoms with Gasteiger partial charge in [0.05, 0.1) is 0 Å². The largest absolute Gasteiger partial charge is 0.300 e. The molecule has 0 aromatic rings. The van der Waals surface area contributed by atoms with Crippen molar-refractivity contribution in [1.82, 2.24) is 0 Å². The predicted molar refractivity (Wildman–Crippen MR) is 74.3 cm³/mol. The van der Waals surface area contributed by atoms with Gasteiger partial charge in [-0.3, -0.25) is 4.79 Å². The van der Waals surface area contributed by atoms with Crippen LogP contribution in [0.15, 0.2) is 12.2 Å². The second-order valence-corrected chi connectivity index (χ2v) is 8.12. The summed E-state index contributed by atoms with van der Waals surface area (Å²) in [5.74, 6) is 8.41. The molecule has 5 aliphatic carbocycles. The minimum absolute atomic E-state index is 0.439. The Morgan fingerprint density at radius 2 is 1.89 bits per heavy atom. The summed E-state index contributed by atoms with van der Waals surface area (Å²) in [5, 5.41) is 0. The molecule has 19 heavy (non-hydrogen) atoms. The van der Waals surface area contributed by atoms with Gasteiger partial charge in [-0.05, 0) is 86.4 Å². The number of hydrogen-bond acceptors (Lipinski definition) is 1. The highest BCUT2D eigenvalue weighted by atomic mass is 16.1. The number of carbonyl (C=O) groups is 1. The van der Waals surface area contributed by atoms with E-state index >= 15 is 0 Å². The summed E-state index contributed by atoms with van der Waals surface area (Å²) in [6, 6.07) is 0. The SMILES string of the molecule is CC(=O)C1CC2C(CC3C=C3)C3CCC4C[C@H]1[C@@H]3[C@@H]42. The molecule has 0 aliphatic heterocycles. The maximum Gasteiger partial charge on any atom is 0.133 e. The zero-order valence-corrected chi connectivity index (χ0v) is 11.8. The first-order valence-electron chi connectivity index (χ1n) is 8.43. The van der Waals surface area contributed by atoms with Gasteiger partial charge >= 0.3 is 0 Å². The number of rotatable bonds is 3. The van der Waals surface area contributed by atoms with Gasteiger partial charge in [-0.1, -0.05) is 12.2 Å². The molecule has 0 aromatic heterocycles. The van der Waals surface area contributed by atoms with E-state index < -0.39 is 0 Å². The molecule has 0 aromatic carbocycles. The third kappa shape index (κ3) is 1.35. The Morgan fingerprint density at radius 3 is 2.63 bits per heavy atom. The Labute approximate surface area is 115 Å². The smallest absolute Gasteiger partial charge is 0.133 e. The molecule has 1 heteroatoms. The van der Waals surface area contributed by atoms with Crippen molar-refractivity contribution in [3.05, 3.63) is 12.2 Å². The lowest BCUT2D eigenvalue weighted by Gasteiger charge is -2.38. The van der Waals surface area contributed by atoms with Crippen molar-refractivity contribution in [2.45, 2.75) is 39.0 Å². The van der Waals surface area contributed by atoms with E-state index in [2.05, 4.69) is 12.2 Å². The van der Waals surface area contributed by atoms with Gasteiger partial charge in [-0.15, -0.1) is 0 Å². The summed E-state index contributed by atoms with van der Waals surface area (Å²) >= 11 is 0. The molecule has 102 valence electrons. The Kier molecular flexibility index (Phi) is 2.07. The topological polar surface area (TPSA) is 17.1 Å². The molecule has 4 saturated carbocycles. The van der Waals surface area contributed by atoms with E-state index in [1.807, 2.05) is 6.92 Å². The van der Waals surface area contributed by atoms with Crippen LogP contribution in [0, 0.1) is 53.3 Å². The van der Waals surface area contributed by atoms with Gasteiger partial charge in [-0.2, -0.15) is 0 Å². The monoisotopic (exact) mass is 256 g/mol. The Morgan fingerprint density at radius 1 is 1.05 bits per heavy atom. The van der Waals surface area contributed by atoms with Crippen molar-refractivity contribution in [3.63, 3.8) is 0 Å². The van der Waals surface area contributed by atoms with Crippen molar-refractivity contribution >= 4 is 5.78 Å². The summed E-state index contributed by atoms with van der Waals surface area (Å²) in [6.07, 6.45) is 11.8. The summed E-state index contributed by atoms with van der Waals surface area (Å²) < 4.78 is 0. The van der Waals surface area contributed by atoms with E-state index in [0.29, 0.717) is 11.7 Å². The van der Waals surface area contributed by atoms with Crippen LogP contribution < -0.4 is 0 Å². The van der Waals surface area contributed by atoms with Crippen molar-refractivity contribution in [3.8, 4) is 0 Å². The summed E-state index contributed by atoms with van der Waals surface area (Å²) in [4.78, 5) is 12.1. The minimum Gasteiger partial charge on any atom is -0.300 e. The quantitative estimate of drug-likeness (QED) is 0.704. The molecule has 0 spiro atoms. The maximum absolute atomic E-state index is 12.1. The number of ketones is 1. The summed E-state index contributed by atoms with van der Waals surface area (Å²) in [5.41, 5.74) is 0. The van der Waals surface area contributed by atoms with E-state index in [-0.39, 0.29) is 0 Å². The van der Waals surface area contributed by atoms with Gasteiger partial charge in [0, 0.05) is 5.92 Å². The van der Waals surface area contributed by atoms with Crippen molar-refractivity contribution in [2.75, 3.05) is 0 Å². The van der Waals surface area contributed by atoms with Crippen LogP contribution in [0.25, 0.3) is 0 Å². The second-order valence-electron chi connectivity index (χ2n) is 8.12. The van der Waals surface area contributed by atoms with Crippen LogP contribution in [0.5, 0.6) is 0 Å². The first-order chi connectivity index (χ1) is 9.24. The molecule has 5 rings (SSSR count). The lowest BCUT2D eigenvalue weighted by atomic mass is 9.66. The van der Waals surface area contributed by atoms with Gasteiger partial charge in [-0.25, -0.2) is 0 Å². The van der Waals surface area contributed by atoms with Crippen LogP contribution in [0.4, 0.5) is 0 Å². The lowest BCUT2D eigenvalue weighted by molar-refractivity contribution is -0.124. The number of hydrogen-bond donors (Lipinski definition) is 0. The van der Waals surface area contributed by atoms with E-state index in [9.17, 15) is 4.79 Å². The third-order valence-electron chi connectivity index (χ3n) is 7.59. The zero-order valence-electron chi connectivity index (χ0n) is 11.8. The molecular formula is C18H24O. The molecule has 0 amide bonds. The predicted octanol–water partition coefficient (Wildman–Crippen LogP) is 3.70. The molecule has 5 unspecified atom stereocenters. The van der Waals surface area contributed by atoms with Gasteiger partial charge in [0.25, 0.3) is 0 Å². The highest BCUT2D eigenvalue weighted by Crippen LogP contribution is 2.71. The molecule has 6 bridgehead atoms. The van der Waals surface area contributed by atoms with Crippen LogP contribution in [0.1, 0.15) is 39.0 Å². The Bertz CT molecular complexity index is 458. The summed E-state index contributed by atoms with van der Waals surface area (Å²) in [7, 11) is 0. The van der Waals surface area contributed by atoms with Crippen molar-refractivity contribution in [1.29, 1.82) is 0 Å². The van der Waals surface area contributed by atoms with Crippen molar-refractivity contribution in [2.24, 2.45) is 53.3 Å².